The molecule has 7 rings (SSSR count). The van der Waals surface area contributed by atoms with Crippen molar-refractivity contribution in [1.29, 1.82) is 0 Å². The number of piperazine rings is 1. The first-order valence-corrected chi connectivity index (χ1v) is 16.8. The molecule has 3 aliphatic heterocycles. The summed E-state index contributed by atoms with van der Waals surface area (Å²) in [7, 11) is 4.20. The molecule has 1 N–H and O–H groups in total. The Kier molecular flexibility index (Phi) is 8.07. The lowest BCUT2D eigenvalue weighted by atomic mass is 9.96. The standard InChI is InChI=1S/C36H42ClFN6O3/c1-36(2,3)47-35(46)44-23-10-11-24(44)20-43(19-23)33-28-18-29(37)30(27-17-25(45)16-21-8-6-7-9-26(21)27)31(38)32(28)39-34(40-33)42-14-12-22(13-15-42)41(4)5/h6-9,16-18,22-24,45H,10-15,19-20H2,1-5H3/t23-,24+. The van der Waals surface area contributed by atoms with Gasteiger partial charge in [0, 0.05) is 43.2 Å². The molecule has 3 aromatic carbocycles. The lowest BCUT2D eigenvalue weighted by molar-refractivity contribution is 0.0123. The zero-order chi connectivity index (χ0) is 33.2. The molecule has 11 heteroatoms. The molecule has 3 saturated heterocycles. The number of aromatic hydroxyl groups is 1. The van der Waals surface area contributed by atoms with E-state index in [1.807, 2.05) is 49.9 Å². The third-order valence-electron chi connectivity index (χ3n) is 9.83. The Labute approximate surface area is 279 Å². The van der Waals surface area contributed by atoms with E-state index in [0.29, 0.717) is 41.8 Å². The summed E-state index contributed by atoms with van der Waals surface area (Å²) in [6, 6.07) is 12.9. The maximum absolute atomic E-state index is 17.1. The van der Waals surface area contributed by atoms with Crippen molar-refractivity contribution in [3.05, 3.63) is 53.3 Å². The van der Waals surface area contributed by atoms with Gasteiger partial charge in [0.2, 0.25) is 5.95 Å². The predicted octanol–water partition coefficient (Wildman–Crippen LogP) is 7.07. The highest BCUT2D eigenvalue weighted by Gasteiger charge is 2.45. The molecule has 2 atom stereocenters. The molecular formula is C36H42ClFN6O3. The molecule has 4 aromatic rings. The van der Waals surface area contributed by atoms with Crippen molar-refractivity contribution in [2.75, 3.05) is 50.1 Å². The summed E-state index contributed by atoms with van der Waals surface area (Å²) in [4.78, 5) is 31.7. The molecule has 1 amide bonds. The summed E-state index contributed by atoms with van der Waals surface area (Å²) in [5.41, 5.74) is 0.303. The second-order valence-electron chi connectivity index (χ2n) is 14.4. The molecule has 0 radical (unpaired) electrons. The van der Waals surface area contributed by atoms with Gasteiger partial charge in [-0.25, -0.2) is 14.2 Å². The normalized spacial score (nSPS) is 20.6. The zero-order valence-corrected chi connectivity index (χ0v) is 28.4. The van der Waals surface area contributed by atoms with Gasteiger partial charge in [-0.1, -0.05) is 35.9 Å². The number of anilines is 2. The van der Waals surface area contributed by atoms with Gasteiger partial charge < -0.3 is 24.5 Å². The number of rotatable bonds is 4. The fraction of sp³-hybridized carbons (Fsp3) is 0.472. The number of fused-ring (bicyclic) bond motifs is 4. The maximum atomic E-state index is 17.1. The third-order valence-corrected chi connectivity index (χ3v) is 10.1. The summed E-state index contributed by atoms with van der Waals surface area (Å²) in [6.45, 7) is 8.24. The van der Waals surface area contributed by atoms with Gasteiger partial charge in [-0.3, -0.25) is 4.90 Å². The monoisotopic (exact) mass is 660 g/mol. The highest BCUT2D eigenvalue weighted by atomic mass is 35.5. The van der Waals surface area contributed by atoms with E-state index in [2.05, 4.69) is 28.8 Å². The van der Waals surface area contributed by atoms with Crippen LogP contribution in [0.25, 0.3) is 32.8 Å². The van der Waals surface area contributed by atoms with Crippen LogP contribution in [-0.4, -0.2) is 95.0 Å². The maximum Gasteiger partial charge on any atom is 0.410 e. The SMILES string of the molecule is CN(C)C1CCN(c2nc(N3C[C@H]4CC[C@@H](C3)N4C(=O)OC(C)(C)C)c3cc(Cl)c(-c4cc(O)cc5ccccc45)c(F)c3n2)CC1. The third kappa shape index (κ3) is 5.91. The molecule has 2 bridgehead atoms. The lowest BCUT2D eigenvalue weighted by Gasteiger charge is -2.42. The molecular weight excluding hydrogens is 619 g/mol. The number of ether oxygens (including phenoxy) is 1. The largest absolute Gasteiger partial charge is 0.508 e. The molecule has 47 heavy (non-hydrogen) atoms. The van der Waals surface area contributed by atoms with Gasteiger partial charge in [0.15, 0.2) is 5.82 Å². The fourth-order valence-corrected chi connectivity index (χ4v) is 7.86. The summed E-state index contributed by atoms with van der Waals surface area (Å²) in [5, 5.41) is 12.9. The first kappa shape index (κ1) is 31.7. The molecule has 0 aliphatic carbocycles. The summed E-state index contributed by atoms with van der Waals surface area (Å²) in [5.74, 6) is 0.584. The van der Waals surface area contributed by atoms with Gasteiger partial charge in [0.25, 0.3) is 0 Å². The summed E-state index contributed by atoms with van der Waals surface area (Å²) in [6.07, 6.45) is 3.33. The molecule has 0 saturated carbocycles. The minimum absolute atomic E-state index is 0.0282. The average Bonchev–Trinajstić information content (AvgIpc) is 3.29. The van der Waals surface area contributed by atoms with Crippen molar-refractivity contribution in [1.82, 2.24) is 19.8 Å². The van der Waals surface area contributed by atoms with Crippen LogP contribution >= 0.6 is 11.6 Å². The molecule has 4 heterocycles. The van der Waals surface area contributed by atoms with Gasteiger partial charge in [-0.05, 0) is 95.1 Å². The van der Waals surface area contributed by atoms with Crippen molar-refractivity contribution < 1.29 is 19.0 Å². The number of hydrogen-bond donors (Lipinski definition) is 1. The Morgan fingerprint density at radius 2 is 1.66 bits per heavy atom. The quantitative estimate of drug-likeness (QED) is 0.249. The Hall–Kier alpha value is -3.89. The van der Waals surface area contributed by atoms with Crippen molar-refractivity contribution in [2.24, 2.45) is 0 Å². The van der Waals surface area contributed by atoms with E-state index in [9.17, 15) is 9.90 Å². The number of nitrogens with zero attached hydrogens (tertiary/aromatic N) is 6. The minimum Gasteiger partial charge on any atom is -0.508 e. The van der Waals surface area contributed by atoms with Gasteiger partial charge in [-0.15, -0.1) is 0 Å². The van der Waals surface area contributed by atoms with Gasteiger partial charge in [0.05, 0.1) is 17.1 Å². The van der Waals surface area contributed by atoms with Gasteiger partial charge >= 0.3 is 6.09 Å². The van der Waals surface area contributed by atoms with E-state index in [0.717, 1.165) is 49.5 Å². The summed E-state index contributed by atoms with van der Waals surface area (Å²) < 4.78 is 22.8. The smallest absolute Gasteiger partial charge is 0.410 e. The number of benzene rings is 3. The van der Waals surface area contributed by atoms with Crippen LogP contribution in [0.1, 0.15) is 46.5 Å². The highest BCUT2D eigenvalue weighted by Crippen LogP contribution is 2.44. The van der Waals surface area contributed by atoms with E-state index < -0.39 is 11.4 Å². The minimum atomic E-state index is -0.585. The second-order valence-corrected chi connectivity index (χ2v) is 14.8. The van der Waals surface area contributed by atoms with E-state index in [4.69, 9.17) is 26.3 Å². The van der Waals surface area contributed by atoms with Gasteiger partial charge in [0.1, 0.15) is 22.7 Å². The van der Waals surface area contributed by atoms with E-state index >= 15 is 4.39 Å². The molecule has 248 valence electrons. The van der Waals surface area contributed by atoms with Crippen molar-refractivity contribution in [3.8, 4) is 16.9 Å². The number of carbonyl (C=O) groups is 1. The number of amides is 1. The van der Waals surface area contributed by atoms with Crippen LogP contribution in [0.2, 0.25) is 5.02 Å². The molecule has 0 spiro atoms. The summed E-state index contributed by atoms with van der Waals surface area (Å²) >= 11 is 6.96. The van der Waals surface area contributed by atoms with Crippen LogP contribution in [-0.2, 0) is 4.74 Å². The fourth-order valence-electron chi connectivity index (χ4n) is 7.57. The van der Waals surface area contributed by atoms with Crippen LogP contribution in [0.15, 0.2) is 42.5 Å². The molecule has 3 fully saturated rings. The predicted molar refractivity (Wildman–Crippen MR) is 185 cm³/mol. The first-order valence-electron chi connectivity index (χ1n) is 16.5. The van der Waals surface area contributed by atoms with E-state index in [1.54, 1.807) is 18.2 Å². The van der Waals surface area contributed by atoms with Crippen molar-refractivity contribution in [2.45, 2.75) is 70.2 Å². The van der Waals surface area contributed by atoms with E-state index in [1.165, 1.54) is 0 Å². The molecule has 0 unspecified atom stereocenters. The number of phenols is 1. The lowest BCUT2D eigenvalue weighted by Crippen LogP contribution is -2.57. The second kappa shape index (κ2) is 12.0. The van der Waals surface area contributed by atoms with Crippen molar-refractivity contribution in [3.63, 3.8) is 0 Å². The van der Waals surface area contributed by atoms with Crippen LogP contribution < -0.4 is 9.80 Å². The van der Waals surface area contributed by atoms with Crippen LogP contribution in [0.3, 0.4) is 0 Å². The van der Waals surface area contributed by atoms with Crippen LogP contribution in [0.5, 0.6) is 5.75 Å². The molecule has 1 aromatic heterocycles. The molecule has 3 aliphatic rings. The number of piperidine rings is 1. The number of phenolic OH excluding ortho intramolecular Hbond substituents is 1. The van der Waals surface area contributed by atoms with Crippen LogP contribution in [0, 0.1) is 5.82 Å². The van der Waals surface area contributed by atoms with Crippen LogP contribution in [0.4, 0.5) is 21.0 Å². The number of carbonyl (C=O) groups excluding carboxylic acids is 1. The average molecular weight is 661 g/mol. The number of aromatic nitrogens is 2. The molecule has 9 nitrogen and oxygen atoms in total. The van der Waals surface area contributed by atoms with E-state index in [-0.39, 0.29) is 40.0 Å². The highest BCUT2D eigenvalue weighted by molar-refractivity contribution is 6.35. The first-order chi connectivity index (χ1) is 22.4. The number of hydrogen-bond acceptors (Lipinski definition) is 8. The Morgan fingerprint density at radius 3 is 2.32 bits per heavy atom. The Morgan fingerprint density at radius 1 is 0.979 bits per heavy atom. The van der Waals surface area contributed by atoms with Gasteiger partial charge in [-0.2, -0.15) is 4.98 Å². The topological polar surface area (TPSA) is 85.3 Å². The van der Waals surface area contributed by atoms with Crippen molar-refractivity contribution >= 4 is 51.1 Å². The zero-order valence-electron chi connectivity index (χ0n) is 27.6. The Balaban J connectivity index is 1.34. The number of halogens is 2. The Bertz CT molecular complexity index is 1840.